The van der Waals surface area contributed by atoms with E-state index in [4.69, 9.17) is 0 Å². The zero-order chi connectivity index (χ0) is 13.4. The number of aryl methyl sites for hydroxylation is 1. The summed E-state index contributed by atoms with van der Waals surface area (Å²) in [5.74, 6) is -0.0446. The molecule has 0 saturated carbocycles. The highest BCUT2D eigenvalue weighted by molar-refractivity contribution is 9.10. The summed E-state index contributed by atoms with van der Waals surface area (Å²) in [5.41, 5.74) is 3.88. The van der Waals surface area contributed by atoms with E-state index in [0.29, 0.717) is 5.69 Å². The smallest absolute Gasteiger partial charge is 0.278 e. The molecule has 3 rings (SSSR count). The molecule has 1 aliphatic rings. The minimum Gasteiger partial charge on any atom is -0.306 e. The van der Waals surface area contributed by atoms with Gasteiger partial charge in [-0.3, -0.25) is 4.79 Å². The lowest BCUT2D eigenvalue weighted by Crippen LogP contribution is -2.30. The summed E-state index contributed by atoms with van der Waals surface area (Å²) >= 11 is 3.39. The summed E-state index contributed by atoms with van der Waals surface area (Å²) in [5, 5.41) is 0. The Labute approximate surface area is 120 Å². The Bertz CT molecular complexity index is 654. The Morgan fingerprint density at radius 2 is 2.21 bits per heavy atom. The van der Waals surface area contributed by atoms with Crippen molar-refractivity contribution >= 4 is 27.5 Å². The van der Waals surface area contributed by atoms with Crippen LogP contribution in [0.25, 0.3) is 0 Å². The van der Waals surface area contributed by atoms with Gasteiger partial charge in [0, 0.05) is 22.9 Å². The van der Waals surface area contributed by atoms with Crippen LogP contribution in [0.1, 0.15) is 21.6 Å². The fraction of sp³-hybridized carbons (Fsp3) is 0.200. The summed E-state index contributed by atoms with van der Waals surface area (Å²) in [6.45, 7) is 2.76. The maximum atomic E-state index is 12.6. The van der Waals surface area contributed by atoms with E-state index in [2.05, 4.69) is 39.1 Å². The first-order valence-electron chi connectivity index (χ1n) is 6.19. The van der Waals surface area contributed by atoms with E-state index in [0.717, 1.165) is 23.1 Å². The molecule has 19 heavy (non-hydrogen) atoms. The number of hydrogen-bond donors (Lipinski definition) is 0. The first-order valence-corrected chi connectivity index (χ1v) is 6.98. The number of hydrogen-bond acceptors (Lipinski definition) is 2. The molecule has 0 unspecified atom stereocenters. The van der Waals surface area contributed by atoms with Gasteiger partial charge in [0.25, 0.3) is 5.91 Å². The van der Waals surface area contributed by atoms with Gasteiger partial charge in [0.1, 0.15) is 5.69 Å². The van der Waals surface area contributed by atoms with Gasteiger partial charge in [-0.15, -0.1) is 0 Å². The first-order chi connectivity index (χ1) is 9.16. The monoisotopic (exact) mass is 316 g/mol. The van der Waals surface area contributed by atoms with E-state index >= 15 is 0 Å². The second-order valence-electron chi connectivity index (χ2n) is 4.67. The van der Waals surface area contributed by atoms with Crippen molar-refractivity contribution in [3.8, 4) is 0 Å². The van der Waals surface area contributed by atoms with E-state index in [9.17, 15) is 4.79 Å². The van der Waals surface area contributed by atoms with Crippen LogP contribution >= 0.6 is 15.9 Å². The van der Waals surface area contributed by atoms with Gasteiger partial charge >= 0.3 is 0 Å². The summed E-state index contributed by atoms with van der Waals surface area (Å²) in [6.07, 6.45) is 2.55. The third-order valence-electron chi connectivity index (χ3n) is 3.34. The molecule has 2 heterocycles. The molecule has 0 aliphatic carbocycles. The molecule has 4 heteroatoms. The molecule has 1 aromatic heterocycles. The fourth-order valence-electron chi connectivity index (χ4n) is 2.37. The molecule has 1 aliphatic heterocycles. The molecule has 0 spiro atoms. The number of rotatable bonds is 1. The van der Waals surface area contributed by atoms with Crippen molar-refractivity contribution in [3.63, 3.8) is 0 Å². The van der Waals surface area contributed by atoms with Crippen LogP contribution in [0.4, 0.5) is 5.69 Å². The number of halogens is 1. The van der Waals surface area contributed by atoms with Crippen molar-refractivity contribution in [1.82, 2.24) is 4.98 Å². The van der Waals surface area contributed by atoms with E-state index < -0.39 is 0 Å². The summed E-state index contributed by atoms with van der Waals surface area (Å²) in [7, 11) is 0. The molecule has 1 aromatic carbocycles. The molecule has 0 saturated heterocycles. The largest absolute Gasteiger partial charge is 0.306 e. The summed E-state index contributed by atoms with van der Waals surface area (Å²) in [4.78, 5) is 18.6. The molecule has 1 amide bonds. The molecule has 0 fully saturated rings. The van der Waals surface area contributed by atoms with E-state index in [1.54, 1.807) is 6.20 Å². The first kappa shape index (κ1) is 12.4. The fourth-order valence-corrected chi connectivity index (χ4v) is 2.80. The van der Waals surface area contributed by atoms with E-state index in [-0.39, 0.29) is 5.91 Å². The van der Waals surface area contributed by atoms with E-state index in [1.807, 2.05) is 24.0 Å². The number of fused-ring (bicyclic) bond motifs is 1. The number of carbonyl (C=O) groups excluding carboxylic acids is 1. The minimum atomic E-state index is -0.0446. The average Bonchev–Trinajstić information content (AvgIpc) is 2.81. The predicted octanol–water partition coefficient (Wildman–Crippen LogP) is 3.36. The Kier molecular flexibility index (Phi) is 3.11. The highest BCUT2D eigenvalue weighted by Gasteiger charge is 2.27. The van der Waals surface area contributed by atoms with Crippen LogP contribution < -0.4 is 4.90 Å². The number of carbonyl (C=O) groups is 1. The highest BCUT2D eigenvalue weighted by atomic mass is 79.9. The van der Waals surface area contributed by atoms with Crippen LogP contribution in [-0.4, -0.2) is 17.4 Å². The average molecular weight is 317 g/mol. The zero-order valence-corrected chi connectivity index (χ0v) is 12.1. The normalized spacial score (nSPS) is 13.5. The maximum Gasteiger partial charge on any atom is 0.278 e. The Balaban J connectivity index is 2.00. The number of benzene rings is 1. The van der Waals surface area contributed by atoms with Gasteiger partial charge in [-0.05, 0) is 58.6 Å². The minimum absolute atomic E-state index is 0.0446. The summed E-state index contributed by atoms with van der Waals surface area (Å²) < 4.78 is 0.737. The lowest BCUT2D eigenvalue weighted by Gasteiger charge is -2.17. The van der Waals surface area contributed by atoms with Gasteiger partial charge in [-0.1, -0.05) is 12.1 Å². The Morgan fingerprint density at radius 3 is 3.00 bits per heavy atom. The second kappa shape index (κ2) is 4.78. The van der Waals surface area contributed by atoms with Gasteiger partial charge < -0.3 is 4.90 Å². The molecule has 0 atom stereocenters. The molecule has 96 valence electrons. The standard InChI is InChI=1S/C15H13BrN2O/c1-10-4-5-11-6-8-18(13(11)9-10)15(19)14-12(16)3-2-7-17-14/h2-5,7,9H,6,8H2,1H3. The molecular formula is C15H13BrN2O. The van der Waals surface area contributed by atoms with Crippen molar-refractivity contribution in [3.05, 3.63) is 57.8 Å². The Hall–Kier alpha value is -1.68. The number of anilines is 1. The number of amides is 1. The van der Waals surface area contributed by atoms with Crippen LogP contribution in [0.3, 0.4) is 0 Å². The molecule has 0 N–H and O–H groups in total. The molecule has 0 bridgehead atoms. The molecule has 0 radical (unpaired) electrons. The highest BCUT2D eigenvalue weighted by Crippen LogP contribution is 2.30. The number of aromatic nitrogens is 1. The predicted molar refractivity (Wildman–Crippen MR) is 78.5 cm³/mol. The molecule has 3 nitrogen and oxygen atoms in total. The van der Waals surface area contributed by atoms with Crippen LogP contribution in [0.2, 0.25) is 0 Å². The van der Waals surface area contributed by atoms with Crippen molar-refractivity contribution in [2.45, 2.75) is 13.3 Å². The van der Waals surface area contributed by atoms with Gasteiger partial charge in [-0.25, -0.2) is 4.98 Å². The third kappa shape index (κ3) is 2.16. The third-order valence-corrected chi connectivity index (χ3v) is 3.98. The second-order valence-corrected chi connectivity index (χ2v) is 5.53. The molecule has 2 aromatic rings. The van der Waals surface area contributed by atoms with Crippen molar-refractivity contribution in [2.75, 3.05) is 11.4 Å². The lowest BCUT2D eigenvalue weighted by atomic mass is 10.1. The van der Waals surface area contributed by atoms with Crippen LogP contribution in [0, 0.1) is 6.92 Å². The number of pyridine rings is 1. The van der Waals surface area contributed by atoms with Crippen molar-refractivity contribution < 1.29 is 4.79 Å². The lowest BCUT2D eigenvalue weighted by molar-refractivity contribution is 0.0984. The topological polar surface area (TPSA) is 33.2 Å². The molecular weight excluding hydrogens is 304 g/mol. The summed E-state index contributed by atoms with van der Waals surface area (Å²) in [6, 6.07) is 9.91. The van der Waals surface area contributed by atoms with Crippen molar-refractivity contribution in [1.29, 1.82) is 0 Å². The Morgan fingerprint density at radius 1 is 1.37 bits per heavy atom. The van der Waals surface area contributed by atoms with Crippen LogP contribution in [0.5, 0.6) is 0 Å². The quantitative estimate of drug-likeness (QED) is 0.808. The maximum absolute atomic E-state index is 12.6. The van der Waals surface area contributed by atoms with Gasteiger partial charge in [0.15, 0.2) is 0 Å². The van der Waals surface area contributed by atoms with Crippen molar-refractivity contribution in [2.24, 2.45) is 0 Å². The number of nitrogens with zero attached hydrogens (tertiary/aromatic N) is 2. The SMILES string of the molecule is Cc1ccc2c(c1)N(C(=O)c1ncccc1Br)CC2. The van der Waals surface area contributed by atoms with Gasteiger partial charge in [0.05, 0.1) is 0 Å². The van der Waals surface area contributed by atoms with Gasteiger partial charge in [-0.2, -0.15) is 0 Å². The zero-order valence-electron chi connectivity index (χ0n) is 10.6. The van der Waals surface area contributed by atoms with Crippen LogP contribution in [-0.2, 0) is 6.42 Å². The van der Waals surface area contributed by atoms with Gasteiger partial charge in [0.2, 0.25) is 0 Å². The van der Waals surface area contributed by atoms with Crippen LogP contribution in [0.15, 0.2) is 41.0 Å². The van der Waals surface area contributed by atoms with E-state index in [1.165, 1.54) is 11.1 Å².